The average molecular weight is 477 g/mol. The summed E-state index contributed by atoms with van der Waals surface area (Å²) in [6.45, 7) is 4.98. The van der Waals surface area contributed by atoms with Gasteiger partial charge in [0, 0.05) is 46.4 Å². The minimum Gasteiger partial charge on any atom is -0.385 e. The molecule has 0 fully saturated rings. The summed E-state index contributed by atoms with van der Waals surface area (Å²) >= 11 is 7.73. The van der Waals surface area contributed by atoms with Crippen molar-refractivity contribution in [3.63, 3.8) is 0 Å². The maximum atomic E-state index is 12.9. The molecule has 2 aromatic rings. The molecule has 0 aliphatic carbocycles. The Kier molecular flexibility index (Phi) is 9.67. The van der Waals surface area contributed by atoms with E-state index in [0.29, 0.717) is 28.4 Å². The number of carbonyl (C=O) groups is 2. The van der Waals surface area contributed by atoms with E-state index in [-0.39, 0.29) is 24.8 Å². The first-order valence-electron chi connectivity index (χ1n) is 10.2. The lowest BCUT2D eigenvalue weighted by molar-refractivity contribution is -0.116. The Morgan fingerprint density at radius 3 is 2.50 bits per heavy atom. The first kappa shape index (κ1) is 25.4. The van der Waals surface area contributed by atoms with E-state index in [0.717, 1.165) is 23.4 Å². The van der Waals surface area contributed by atoms with Crippen molar-refractivity contribution in [1.29, 1.82) is 5.41 Å². The van der Waals surface area contributed by atoms with Crippen molar-refractivity contribution < 1.29 is 9.59 Å². The Morgan fingerprint density at radius 1 is 1.12 bits per heavy atom. The van der Waals surface area contributed by atoms with Crippen LogP contribution in [0.3, 0.4) is 0 Å². The van der Waals surface area contributed by atoms with Crippen LogP contribution < -0.4 is 26.4 Å². The third-order valence-corrected chi connectivity index (χ3v) is 5.87. The number of nitrogens with zero attached hydrogens (tertiary/aromatic N) is 1. The Bertz CT molecular complexity index is 985. The first-order valence-corrected chi connectivity index (χ1v) is 11.6. The summed E-state index contributed by atoms with van der Waals surface area (Å²) in [6, 6.07) is 10.3. The summed E-state index contributed by atoms with van der Waals surface area (Å²) < 4.78 is 1.75. The van der Waals surface area contributed by atoms with Crippen LogP contribution in [0.5, 0.6) is 0 Å². The van der Waals surface area contributed by atoms with Crippen LogP contribution in [0.2, 0.25) is 5.02 Å². The number of halogens is 1. The summed E-state index contributed by atoms with van der Waals surface area (Å²) in [5.74, 6) is 0.00804. The maximum Gasteiger partial charge on any atom is 0.251 e. The summed E-state index contributed by atoms with van der Waals surface area (Å²) in [5.41, 5.74) is 14.3. The number of benzene rings is 2. The minimum atomic E-state index is -0.468. The number of anilines is 2. The van der Waals surface area contributed by atoms with Gasteiger partial charge in [0.15, 0.2) is 0 Å². The molecule has 7 N–H and O–H groups in total. The second kappa shape index (κ2) is 12.2. The summed E-state index contributed by atoms with van der Waals surface area (Å²) in [4.78, 5) is 24.4. The lowest BCUT2D eigenvalue weighted by Gasteiger charge is -2.22. The molecule has 0 unspecified atom stereocenters. The molecular weight excluding hydrogens is 448 g/mol. The second-order valence-electron chi connectivity index (χ2n) is 7.03. The largest absolute Gasteiger partial charge is 0.385 e. The molecule has 172 valence electrons. The lowest BCUT2D eigenvalue weighted by atomic mass is 10.1. The lowest BCUT2D eigenvalue weighted by Crippen LogP contribution is -2.29. The van der Waals surface area contributed by atoms with E-state index in [4.69, 9.17) is 28.5 Å². The minimum absolute atomic E-state index is 0.0145. The number of hydrogen-bond donors (Lipinski definition) is 5. The number of hydrogen-bond acceptors (Lipinski definition) is 6. The average Bonchev–Trinajstić information content (AvgIpc) is 2.74. The van der Waals surface area contributed by atoms with Crippen LogP contribution in [-0.4, -0.2) is 36.5 Å². The highest BCUT2D eigenvalue weighted by atomic mass is 35.5. The van der Waals surface area contributed by atoms with Crippen LogP contribution in [0.25, 0.3) is 0 Å². The quantitative estimate of drug-likeness (QED) is 0.181. The van der Waals surface area contributed by atoms with Gasteiger partial charge in [0.1, 0.15) is 12.4 Å². The molecule has 0 spiro atoms. The highest BCUT2D eigenvalue weighted by Gasteiger charge is 2.15. The molecule has 0 heterocycles. The summed E-state index contributed by atoms with van der Waals surface area (Å²) in [5, 5.41) is 14.1. The zero-order valence-electron chi connectivity index (χ0n) is 18.2. The third-order valence-electron chi connectivity index (χ3n) is 4.41. The van der Waals surface area contributed by atoms with Gasteiger partial charge in [-0.1, -0.05) is 30.7 Å². The fraction of sp³-hybridized carbons (Fsp3) is 0.318. The van der Waals surface area contributed by atoms with Gasteiger partial charge in [0.25, 0.3) is 5.91 Å². The molecule has 0 radical (unpaired) electrons. The molecule has 10 heteroatoms. The van der Waals surface area contributed by atoms with Gasteiger partial charge in [-0.2, -0.15) is 0 Å². The van der Waals surface area contributed by atoms with E-state index in [2.05, 4.69) is 10.6 Å². The molecule has 8 nitrogen and oxygen atoms in total. The molecule has 0 aliphatic rings. The molecule has 32 heavy (non-hydrogen) atoms. The maximum absolute atomic E-state index is 12.9. The molecule has 0 aliphatic heterocycles. The van der Waals surface area contributed by atoms with Crippen LogP contribution in [-0.2, 0) is 11.3 Å². The number of primary amides is 1. The number of amides is 2. The van der Waals surface area contributed by atoms with Crippen molar-refractivity contribution >= 4 is 52.6 Å². The van der Waals surface area contributed by atoms with E-state index in [1.165, 1.54) is 11.9 Å². The molecule has 0 saturated carbocycles. The summed E-state index contributed by atoms with van der Waals surface area (Å²) in [6.07, 6.45) is 0.921. The fourth-order valence-corrected chi connectivity index (χ4v) is 4.04. The van der Waals surface area contributed by atoms with Crippen LogP contribution in [0.1, 0.15) is 41.8 Å². The fourth-order valence-electron chi connectivity index (χ4n) is 2.93. The number of nitrogens with two attached hydrogens (primary N) is 2. The number of nitrogen functional groups attached to an aromatic ring is 1. The van der Waals surface area contributed by atoms with Crippen molar-refractivity contribution in [3.05, 3.63) is 58.1 Å². The van der Waals surface area contributed by atoms with Crippen molar-refractivity contribution in [2.75, 3.05) is 28.5 Å². The number of nitrogens with one attached hydrogen (secondary N) is 3. The van der Waals surface area contributed by atoms with Crippen LogP contribution in [0.4, 0.5) is 11.4 Å². The zero-order valence-corrected chi connectivity index (χ0v) is 19.8. The van der Waals surface area contributed by atoms with Gasteiger partial charge in [-0.25, -0.2) is 0 Å². The normalized spacial score (nSPS) is 10.5. The van der Waals surface area contributed by atoms with E-state index in [1.54, 1.807) is 34.6 Å². The monoisotopic (exact) mass is 476 g/mol. The van der Waals surface area contributed by atoms with Crippen molar-refractivity contribution in [3.8, 4) is 0 Å². The van der Waals surface area contributed by atoms with Gasteiger partial charge in [0.2, 0.25) is 5.91 Å². The van der Waals surface area contributed by atoms with Gasteiger partial charge >= 0.3 is 0 Å². The predicted molar refractivity (Wildman–Crippen MR) is 134 cm³/mol. The Balaban J connectivity index is 2.21. The molecule has 0 atom stereocenters. The molecular formula is C22H29ClN6O2S. The van der Waals surface area contributed by atoms with Crippen molar-refractivity contribution in [2.45, 2.75) is 26.8 Å². The molecule has 0 aromatic heterocycles. The third kappa shape index (κ3) is 7.35. The van der Waals surface area contributed by atoms with E-state index in [1.807, 2.05) is 19.9 Å². The molecule has 0 bridgehead atoms. The molecule has 2 aromatic carbocycles. The molecule has 2 amide bonds. The van der Waals surface area contributed by atoms with Crippen molar-refractivity contribution in [1.82, 2.24) is 5.32 Å². The predicted octanol–water partition coefficient (Wildman–Crippen LogP) is 3.34. The highest BCUT2D eigenvalue weighted by molar-refractivity contribution is 8.00. The Hall–Kier alpha value is -2.91. The van der Waals surface area contributed by atoms with Gasteiger partial charge in [-0.05, 0) is 55.1 Å². The number of rotatable bonds is 12. The smallest absolute Gasteiger partial charge is 0.251 e. The Labute approximate surface area is 197 Å². The number of carbonyl (C=O) groups excluding carboxylic acids is 2. The van der Waals surface area contributed by atoms with E-state index >= 15 is 0 Å². The van der Waals surface area contributed by atoms with Crippen LogP contribution >= 0.6 is 23.5 Å². The second-order valence-corrected chi connectivity index (χ2v) is 8.58. The molecule has 2 rings (SSSR count). The van der Waals surface area contributed by atoms with Crippen molar-refractivity contribution in [2.24, 2.45) is 11.5 Å². The van der Waals surface area contributed by atoms with E-state index < -0.39 is 5.91 Å². The first-order chi connectivity index (χ1) is 15.2. The standard InChI is InChI=1S/C22H29ClN6O2S/c1-3-7-32-29(13-20(24)30)18-9-16(8-17(23)11-18)22(31)28-12-15-6-5-14(21(25)26)10-19(15)27-4-2/h5-6,8-11,27H,3-4,7,12-13H2,1-2H3,(H2,24,30)(H3,25,26)(H,28,31). The van der Waals surface area contributed by atoms with Gasteiger partial charge in [-0.15, -0.1) is 0 Å². The topological polar surface area (TPSA) is 137 Å². The highest BCUT2D eigenvalue weighted by Crippen LogP contribution is 2.28. The Morgan fingerprint density at radius 2 is 1.88 bits per heavy atom. The SMILES string of the molecule is CCCSN(CC(N)=O)c1cc(Cl)cc(C(=O)NCc2ccc(C(=N)N)cc2NCC)c1. The van der Waals surface area contributed by atoms with Gasteiger partial charge in [0.05, 0.1) is 0 Å². The zero-order chi connectivity index (χ0) is 23.7. The van der Waals surface area contributed by atoms with Crippen LogP contribution in [0, 0.1) is 5.41 Å². The van der Waals surface area contributed by atoms with Gasteiger partial charge in [-0.3, -0.25) is 15.0 Å². The van der Waals surface area contributed by atoms with Gasteiger partial charge < -0.3 is 26.4 Å². The summed E-state index contributed by atoms with van der Waals surface area (Å²) in [7, 11) is 0. The van der Waals surface area contributed by atoms with Crippen LogP contribution in [0.15, 0.2) is 36.4 Å². The number of amidine groups is 1. The molecule has 0 saturated heterocycles. The van der Waals surface area contributed by atoms with E-state index in [9.17, 15) is 9.59 Å².